The number of anilines is 2. The minimum absolute atomic E-state index is 0.0815. The second kappa shape index (κ2) is 6.24. The Morgan fingerprint density at radius 3 is 2.95 bits per heavy atom. The van der Waals surface area contributed by atoms with E-state index in [1.54, 1.807) is 0 Å². The summed E-state index contributed by atoms with van der Waals surface area (Å²) in [5.74, 6) is 0.852. The first kappa shape index (κ1) is 14.0. The smallest absolute Gasteiger partial charge is 0.239 e. The lowest BCUT2D eigenvalue weighted by Gasteiger charge is -2.32. The quantitative estimate of drug-likeness (QED) is 0.834. The number of hydrogen-bond donors (Lipinski definition) is 2. The second-order valence-corrected chi connectivity index (χ2v) is 5.87. The van der Waals surface area contributed by atoms with Crippen molar-refractivity contribution in [3.63, 3.8) is 0 Å². The van der Waals surface area contributed by atoms with Gasteiger partial charge in [0, 0.05) is 6.04 Å². The average Bonchev–Trinajstić information content (AvgIpc) is 2.48. The van der Waals surface area contributed by atoms with Crippen LogP contribution < -0.4 is 20.7 Å². The number of hydrogen-bond acceptors (Lipinski definition) is 4. The minimum Gasteiger partial charge on any atom is -0.489 e. The van der Waals surface area contributed by atoms with E-state index >= 15 is 0 Å². The molecule has 3 rings (SSSR count). The molecule has 0 atom stereocenters. The Balaban J connectivity index is 1.64. The van der Waals surface area contributed by atoms with Crippen LogP contribution in [-0.2, 0) is 4.79 Å². The van der Waals surface area contributed by atoms with Crippen molar-refractivity contribution in [1.29, 1.82) is 0 Å². The fourth-order valence-electron chi connectivity index (χ4n) is 3.22. The number of nitrogens with zero attached hydrogens (tertiary/aromatic N) is 1. The Kier molecular flexibility index (Phi) is 4.18. The Morgan fingerprint density at radius 2 is 2.14 bits per heavy atom. The van der Waals surface area contributed by atoms with Crippen LogP contribution in [0.2, 0.25) is 0 Å². The van der Waals surface area contributed by atoms with Gasteiger partial charge in [0.2, 0.25) is 5.91 Å². The molecule has 0 saturated heterocycles. The zero-order chi connectivity index (χ0) is 14.7. The van der Waals surface area contributed by atoms with Crippen LogP contribution in [0, 0.1) is 0 Å². The average molecular weight is 289 g/mol. The Labute approximate surface area is 125 Å². The van der Waals surface area contributed by atoms with Gasteiger partial charge in [-0.2, -0.15) is 0 Å². The molecule has 1 saturated carbocycles. The summed E-state index contributed by atoms with van der Waals surface area (Å²) in [6, 6.07) is 5.97. The van der Waals surface area contributed by atoms with Crippen molar-refractivity contribution in [1.82, 2.24) is 5.32 Å². The van der Waals surface area contributed by atoms with Crippen molar-refractivity contribution in [2.24, 2.45) is 0 Å². The van der Waals surface area contributed by atoms with Crippen LogP contribution in [0.1, 0.15) is 32.1 Å². The topological polar surface area (TPSA) is 67.6 Å². The maximum Gasteiger partial charge on any atom is 0.239 e. The van der Waals surface area contributed by atoms with Gasteiger partial charge in [0.25, 0.3) is 0 Å². The molecule has 21 heavy (non-hydrogen) atoms. The predicted octanol–water partition coefficient (Wildman–Crippen LogP) is 1.92. The van der Waals surface area contributed by atoms with E-state index in [9.17, 15) is 4.79 Å². The summed E-state index contributed by atoms with van der Waals surface area (Å²) < 4.78 is 5.61. The maximum atomic E-state index is 12.3. The number of carbonyl (C=O) groups excluding carboxylic acids is 1. The monoisotopic (exact) mass is 289 g/mol. The molecule has 2 aliphatic rings. The molecule has 1 aliphatic heterocycles. The highest BCUT2D eigenvalue weighted by atomic mass is 16.5. The lowest BCUT2D eigenvalue weighted by atomic mass is 9.95. The first-order chi connectivity index (χ1) is 10.2. The van der Waals surface area contributed by atoms with E-state index in [1.807, 2.05) is 23.1 Å². The Hall–Kier alpha value is -1.91. The number of fused-ring (bicyclic) bond motifs is 1. The molecule has 5 nitrogen and oxygen atoms in total. The van der Waals surface area contributed by atoms with E-state index < -0.39 is 0 Å². The van der Waals surface area contributed by atoms with Crippen LogP contribution in [0.5, 0.6) is 5.75 Å². The standard InChI is InChI=1S/C16H23N3O2/c17-13-7-4-8-14-16(13)19(9-10-21-14)11-15(20)18-12-5-2-1-3-6-12/h4,7-8,12H,1-3,5-6,9-11,17H2,(H,18,20). The number of carbonyl (C=O) groups is 1. The summed E-state index contributed by atoms with van der Waals surface area (Å²) >= 11 is 0. The van der Waals surface area contributed by atoms with Gasteiger partial charge in [0.15, 0.2) is 0 Å². The third-order valence-corrected chi connectivity index (χ3v) is 4.27. The van der Waals surface area contributed by atoms with Gasteiger partial charge in [-0.25, -0.2) is 0 Å². The van der Waals surface area contributed by atoms with Crippen LogP contribution in [0.25, 0.3) is 0 Å². The van der Waals surface area contributed by atoms with Gasteiger partial charge in [0.05, 0.1) is 18.8 Å². The summed E-state index contributed by atoms with van der Waals surface area (Å²) in [5, 5.41) is 3.15. The van der Waals surface area contributed by atoms with E-state index in [4.69, 9.17) is 10.5 Å². The molecule has 0 bridgehead atoms. The fraction of sp³-hybridized carbons (Fsp3) is 0.562. The van der Waals surface area contributed by atoms with Gasteiger partial charge in [-0.05, 0) is 25.0 Å². The highest BCUT2D eigenvalue weighted by Crippen LogP contribution is 2.36. The largest absolute Gasteiger partial charge is 0.489 e. The molecule has 1 aromatic carbocycles. The van der Waals surface area contributed by atoms with Crippen LogP contribution in [0.15, 0.2) is 18.2 Å². The van der Waals surface area contributed by atoms with Crippen molar-refractivity contribution < 1.29 is 9.53 Å². The molecule has 1 aliphatic carbocycles. The summed E-state index contributed by atoms with van der Waals surface area (Å²) in [7, 11) is 0. The van der Waals surface area contributed by atoms with E-state index in [0.29, 0.717) is 31.4 Å². The second-order valence-electron chi connectivity index (χ2n) is 5.87. The van der Waals surface area contributed by atoms with E-state index in [2.05, 4.69) is 5.32 Å². The number of amides is 1. The SMILES string of the molecule is Nc1cccc2c1N(CC(=O)NC1CCCCC1)CCO2. The predicted molar refractivity (Wildman–Crippen MR) is 83.6 cm³/mol. The van der Waals surface area contributed by atoms with Crippen LogP contribution in [0.4, 0.5) is 11.4 Å². The number of rotatable bonds is 3. The molecule has 0 aromatic heterocycles. The molecule has 0 spiro atoms. The number of ether oxygens (including phenoxy) is 1. The summed E-state index contributed by atoms with van der Waals surface area (Å²) in [5.41, 5.74) is 7.55. The number of benzene rings is 1. The number of para-hydroxylation sites is 1. The van der Waals surface area contributed by atoms with Crippen molar-refractivity contribution >= 4 is 17.3 Å². The summed E-state index contributed by atoms with van der Waals surface area (Å²) in [6.07, 6.45) is 5.94. The molecule has 5 heteroatoms. The normalized spacial score (nSPS) is 18.8. The summed E-state index contributed by atoms with van der Waals surface area (Å²) in [4.78, 5) is 14.3. The Morgan fingerprint density at radius 1 is 1.33 bits per heavy atom. The van der Waals surface area contributed by atoms with Crippen LogP contribution >= 0.6 is 0 Å². The van der Waals surface area contributed by atoms with Gasteiger partial charge < -0.3 is 20.7 Å². The third-order valence-electron chi connectivity index (χ3n) is 4.27. The van der Waals surface area contributed by atoms with Crippen molar-refractivity contribution in [3.05, 3.63) is 18.2 Å². The molecular formula is C16H23N3O2. The molecule has 114 valence electrons. The highest BCUT2D eigenvalue weighted by molar-refractivity contribution is 5.85. The van der Waals surface area contributed by atoms with Gasteiger partial charge in [-0.3, -0.25) is 4.79 Å². The first-order valence-corrected chi connectivity index (χ1v) is 7.79. The van der Waals surface area contributed by atoms with E-state index in [-0.39, 0.29) is 5.91 Å². The zero-order valence-corrected chi connectivity index (χ0v) is 12.3. The van der Waals surface area contributed by atoms with E-state index in [0.717, 1.165) is 24.3 Å². The highest BCUT2D eigenvalue weighted by Gasteiger charge is 2.23. The minimum atomic E-state index is 0.0815. The van der Waals surface area contributed by atoms with E-state index in [1.165, 1.54) is 19.3 Å². The van der Waals surface area contributed by atoms with Crippen LogP contribution in [0.3, 0.4) is 0 Å². The lowest BCUT2D eigenvalue weighted by Crippen LogP contribution is -2.45. The van der Waals surface area contributed by atoms with Gasteiger partial charge in [0.1, 0.15) is 18.0 Å². The molecule has 0 radical (unpaired) electrons. The molecule has 1 fully saturated rings. The van der Waals surface area contributed by atoms with Crippen LogP contribution in [-0.4, -0.2) is 31.6 Å². The van der Waals surface area contributed by atoms with Crippen molar-refractivity contribution in [2.75, 3.05) is 30.3 Å². The molecule has 3 N–H and O–H groups in total. The van der Waals surface area contributed by atoms with Gasteiger partial charge in [-0.1, -0.05) is 25.3 Å². The molecular weight excluding hydrogens is 266 g/mol. The van der Waals surface area contributed by atoms with Crippen molar-refractivity contribution in [3.8, 4) is 5.75 Å². The number of nitrogen functional groups attached to an aromatic ring is 1. The third kappa shape index (κ3) is 3.23. The zero-order valence-electron chi connectivity index (χ0n) is 12.3. The molecule has 0 unspecified atom stereocenters. The maximum absolute atomic E-state index is 12.3. The van der Waals surface area contributed by atoms with Crippen molar-refractivity contribution in [2.45, 2.75) is 38.1 Å². The fourth-order valence-corrected chi connectivity index (χ4v) is 3.22. The lowest BCUT2D eigenvalue weighted by molar-refractivity contribution is -0.120. The molecule has 1 amide bonds. The van der Waals surface area contributed by atoms with Gasteiger partial charge >= 0.3 is 0 Å². The summed E-state index contributed by atoms with van der Waals surface area (Å²) in [6.45, 7) is 1.63. The Bertz CT molecular complexity index is 512. The van der Waals surface area contributed by atoms with Gasteiger partial charge in [-0.15, -0.1) is 0 Å². The first-order valence-electron chi connectivity index (χ1n) is 7.79. The molecule has 1 heterocycles. The number of nitrogens with two attached hydrogens (primary N) is 1. The number of nitrogens with one attached hydrogen (secondary N) is 1. The molecule has 1 aromatic rings.